The van der Waals surface area contributed by atoms with Crippen molar-refractivity contribution in [3.05, 3.63) is 36.0 Å². The maximum atomic E-state index is 11.1. The second-order valence-corrected chi connectivity index (χ2v) is 3.69. The van der Waals surface area contributed by atoms with Gasteiger partial charge in [-0.25, -0.2) is 0 Å². The molecule has 0 spiro atoms. The molecule has 0 saturated heterocycles. The lowest BCUT2D eigenvalue weighted by molar-refractivity contribution is -0.110. The van der Waals surface area contributed by atoms with Crippen LogP contribution in [0, 0.1) is 5.41 Å². The van der Waals surface area contributed by atoms with Gasteiger partial charge < -0.3 is 0 Å². The first-order chi connectivity index (χ1) is 5.71. The minimum Gasteiger partial charge on any atom is -0.290 e. The van der Waals surface area contributed by atoms with Crippen molar-refractivity contribution in [2.45, 2.75) is 19.8 Å². The zero-order valence-electron chi connectivity index (χ0n) is 7.21. The van der Waals surface area contributed by atoms with Crippen LogP contribution in [0.15, 0.2) is 36.0 Å². The van der Waals surface area contributed by atoms with Crippen molar-refractivity contribution >= 4 is 5.78 Å². The van der Waals surface area contributed by atoms with Crippen molar-refractivity contribution in [1.82, 2.24) is 0 Å². The summed E-state index contributed by atoms with van der Waals surface area (Å²) in [6.07, 6.45) is 11.9. The van der Waals surface area contributed by atoms with Gasteiger partial charge in [0.1, 0.15) is 0 Å². The molecule has 0 aromatic carbocycles. The smallest absolute Gasteiger partial charge is 0.178 e. The molecule has 0 aliphatic heterocycles. The molecule has 1 nitrogen and oxygen atoms in total. The Balaban J connectivity index is 2.45. The van der Waals surface area contributed by atoms with E-state index < -0.39 is 0 Å². The number of rotatable bonds is 0. The highest BCUT2D eigenvalue weighted by atomic mass is 16.1. The topological polar surface area (TPSA) is 17.1 Å². The predicted octanol–water partition coefficient (Wildman–Crippen LogP) is 2.41. The molecule has 0 bridgehead atoms. The lowest BCUT2D eigenvalue weighted by Crippen LogP contribution is -2.21. The molecule has 2 rings (SSSR count). The van der Waals surface area contributed by atoms with E-state index in [1.165, 1.54) is 5.57 Å². The van der Waals surface area contributed by atoms with Gasteiger partial charge >= 0.3 is 0 Å². The predicted molar refractivity (Wildman–Crippen MR) is 48.7 cm³/mol. The maximum absolute atomic E-state index is 11.1. The van der Waals surface area contributed by atoms with Gasteiger partial charge in [0.15, 0.2) is 5.78 Å². The van der Waals surface area contributed by atoms with Crippen molar-refractivity contribution < 1.29 is 4.79 Å². The number of carbonyl (C=O) groups is 1. The van der Waals surface area contributed by atoms with Gasteiger partial charge in [0.25, 0.3) is 0 Å². The summed E-state index contributed by atoms with van der Waals surface area (Å²) >= 11 is 0. The van der Waals surface area contributed by atoms with Crippen molar-refractivity contribution in [2.24, 2.45) is 5.41 Å². The first-order valence-electron chi connectivity index (χ1n) is 4.33. The highest BCUT2D eigenvalue weighted by Crippen LogP contribution is 2.39. The Kier molecular flexibility index (Phi) is 1.53. The first-order valence-corrected chi connectivity index (χ1v) is 4.33. The lowest BCUT2D eigenvalue weighted by atomic mass is 9.72. The van der Waals surface area contributed by atoms with Gasteiger partial charge in [-0.2, -0.15) is 0 Å². The van der Waals surface area contributed by atoms with E-state index in [0.717, 1.165) is 12.8 Å². The van der Waals surface area contributed by atoms with E-state index in [1.54, 1.807) is 12.2 Å². The molecule has 0 radical (unpaired) electrons. The third-order valence-corrected chi connectivity index (χ3v) is 2.70. The fourth-order valence-corrected chi connectivity index (χ4v) is 1.79. The van der Waals surface area contributed by atoms with E-state index >= 15 is 0 Å². The van der Waals surface area contributed by atoms with Gasteiger partial charge in [-0.1, -0.05) is 25.2 Å². The molecule has 62 valence electrons. The van der Waals surface area contributed by atoms with Crippen LogP contribution in [0.3, 0.4) is 0 Å². The van der Waals surface area contributed by atoms with Gasteiger partial charge in [-0.15, -0.1) is 0 Å². The molecule has 0 aromatic heterocycles. The summed E-state index contributed by atoms with van der Waals surface area (Å²) in [5.41, 5.74) is 1.30. The number of fused-ring (bicyclic) bond motifs is 1. The summed E-state index contributed by atoms with van der Waals surface area (Å²) < 4.78 is 0. The van der Waals surface area contributed by atoms with Crippen molar-refractivity contribution in [1.29, 1.82) is 0 Å². The molecule has 2 aliphatic rings. The van der Waals surface area contributed by atoms with Gasteiger partial charge in [0.2, 0.25) is 0 Å². The fourth-order valence-electron chi connectivity index (χ4n) is 1.79. The molecule has 12 heavy (non-hydrogen) atoms. The highest BCUT2D eigenvalue weighted by molar-refractivity contribution is 6.01. The van der Waals surface area contributed by atoms with Crippen LogP contribution in [0.25, 0.3) is 0 Å². The first kappa shape index (κ1) is 7.53. The third-order valence-electron chi connectivity index (χ3n) is 2.70. The molecular formula is C11H12O. The molecule has 1 atom stereocenters. The van der Waals surface area contributed by atoms with E-state index in [4.69, 9.17) is 0 Å². The van der Waals surface area contributed by atoms with Crippen LogP contribution in [0.5, 0.6) is 0 Å². The zero-order chi connectivity index (χ0) is 8.60. The molecule has 0 aromatic rings. The average molecular weight is 160 g/mol. The number of carbonyl (C=O) groups excluding carboxylic acids is 1. The lowest BCUT2D eigenvalue weighted by Gasteiger charge is -2.32. The number of ketones is 1. The summed E-state index contributed by atoms with van der Waals surface area (Å²) in [6.45, 7) is 2.19. The number of hydrogen-bond donors (Lipinski definition) is 0. The minimum atomic E-state index is 0.119. The summed E-state index contributed by atoms with van der Waals surface area (Å²) in [4.78, 5) is 11.1. The Morgan fingerprint density at radius 2 is 2.25 bits per heavy atom. The van der Waals surface area contributed by atoms with Gasteiger partial charge in [0.05, 0.1) is 0 Å². The van der Waals surface area contributed by atoms with Gasteiger partial charge in [-0.05, 0) is 30.6 Å². The van der Waals surface area contributed by atoms with Gasteiger partial charge in [0, 0.05) is 5.41 Å². The second kappa shape index (κ2) is 2.44. The maximum Gasteiger partial charge on any atom is 0.178 e. The summed E-state index contributed by atoms with van der Waals surface area (Å²) in [7, 11) is 0. The molecule has 0 amide bonds. The van der Waals surface area contributed by atoms with Crippen LogP contribution in [-0.4, -0.2) is 5.78 Å². The largest absolute Gasteiger partial charge is 0.290 e. The summed E-state index contributed by atoms with van der Waals surface area (Å²) in [5.74, 6) is 0.119. The van der Waals surface area contributed by atoms with E-state index in [1.807, 2.05) is 6.08 Å². The standard InChI is InChI=1S/C11H12O/c1-11-6-3-2-4-9(11)8-10(12)5-7-11/h2,4-5,7-8H,3,6H2,1H3/t11-/m0/s1. The quantitative estimate of drug-likeness (QED) is 0.532. The SMILES string of the molecule is C[C@]12C=CC(=O)C=C1C=CCC2. The Hall–Kier alpha value is -1.11. The van der Waals surface area contributed by atoms with E-state index in [0.29, 0.717) is 0 Å². The third kappa shape index (κ3) is 1.06. The van der Waals surface area contributed by atoms with Crippen LogP contribution in [0.2, 0.25) is 0 Å². The van der Waals surface area contributed by atoms with E-state index in [-0.39, 0.29) is 11.2 Å². The molecule has 0 unspecified atom stereocenters. The second-order valence-electron chi connectivity index (χ2n) is 3.69. The molecule has 0 saturated carbocycles. The normalized spacial score (nSPS) is 33.1. The Bertz CT molecular complexity index is 307. The van der Waals surface area contributed by atoms with E-state index in [2.05, 4.69) is 19.1 Å². The Morgan fingerprint density at radius 3 is 3.08 bits per heavy atom. The molecule has 0 heterocycles. The molecule has 2 aliphatic carbocycles. The number of hydrogen-bond acceptors (Lipinski definition) is 1. The minimum absolute atomic E-state index is 0.119. The highest BCUT2D eigenvalue weighted by Gasteiger charge is 2.28. The average Bonchev–Trinajstić information content (AvgIpc) is 2.06. The monoisotopic (exact) mass is 160 g/mol. The van der Waals surface area contributed by atoms with Crippen LogP contribution >= 0.6 is 0 Å². The van der Waals surface area contributed by atoms with Crippen LogP contribution in [0.1, 0.15) is 19.8 Å². The molecule has 1 heteroatoms. The summed E-state index contributed by atoms with van der Waals surface area (Å²) in [5, 5.41) is 0. The van der Waals surface area contributed by atoms with Crippen LogP contribution in [-0.2, 0) is 4.79 Å². The van der Waals surface area contributed by atoms with Crippen molar-refractivity contribution in [3.8, 4) is 0 Å². The zero-order valence-corrected chi connectivity index (χ0v) is 7.21. The van der Waals surface area contributed by atoms with Crippen LogP contribution < -0.4 is 0 Å². The Labute approximate surface area is 72.5 Å². The van der Waals surface area contributed by atoms with Crippen molar-refractivity contribution in [2.75, 3.05) is 0 Å². The molecular weight excluding hydrogens is 148 g/mol. The molecule has 0 fully saturated rings. The van der Waals surface area contributed by atoms with Crippen LogP contribution in [0.4, 0.5) is 0 Å². The molecule has 0 N–H and O–H groups in total. The summed E-state index contributed by atoms with van der Waals surface area (Å²) in [6, 6.07) is 0. The van der Waals surface area contributed by atoms with Crippen molar-refractivity contribution in [3.63, 3.8) is 0 Å². The van der Waals surface area contributed by atoms with E-state index in [9.17, 15) is 4.79 Å². The fraction of sp³-hybridized carbons (Fsp3) is 0.364. The van der Waals surface area contributed by atoms with Gasteiger partial charge in [-0.3, -0.25) is 4.79 Å². The Morgan fingerprint density at radius 1 is 1.42 bits per heavy atom. The number of allylic oxidation sites excluding steroid dienone is 6.